The molecule has 2 aromatic carbocycles. The Labute approximate surface area is 121 Å². The van der Waals surface area contributed by atoms with Crippen LogP contribution in [0.25, 0.3) is 5.76 Å². The molecule has 0 aliphatic heterocycles. The molecular weight excluding hydrogens is 266 g/mol. The van der Waals surface area contributed by atoms with Crippen molar-refractivity contribution >= 4 is 23.1 Å². The van der Waals surface area contributed by atoms with E-state index >= 15 is 0 Å². The van der Waals surface area contributed by atoms with E-state index in [1.165, 1.54) is 0 Å². The first-order valence-electron chi connectivity index (χ1n) is 6.53. The minimum absolute atomic E-state index is 0.211. The van der Waals surface area contributed by atoms with Crippen LogP contribution in [-0.2, 0) is 4.79 Å². The highest BCUT2D eigenvalue weighted by Crippen LogP contribution is 2.31. The van der Waals surface area contributed by atoms with E-state index in [-0.39, 0.29) is 11.3 Å². The number of carbonyl (C=O) groups excluding carboxylic acids is 2. The Balaban J connectivity index is 1.91. The molecule has 0 bridgehead atoms. The number of rotatable bonds is 2. The van der Waals surface area contributed by atoms with Crippen molar-refractivity contribution < 1.29 is 14.7 Å². The zero-order chi connectivity index (χ0) is 15.0. The number of anilines is 1. The van der Waals surface area contributed by atoms with Gasteiger partial charge in [0.2, 0.25) is 5.78 Å². The quantitative estimate of drug-likeness (QED) is 0.830. The third-order valence-corrected chi connectivity index (χ3v) is 3.43. The number of hydrogen-bond acceptors (Lipinski definition) is 3. The Kier molecular flexibility index (Phi) is 3.06. The highest BCUT2D eigenvalue weighted by molar-refractivity contribution is 6.36. The first kappa shape index (κ1) is 13.1. The maximum Gasteiger partial charge on any atom is 0.263 e. The molecule has 3 rings (SSSR count). The minimum Gasteiger partial charge on any atom is -0.506 e. The van der Waals surface area contributed by atoms with E-state index in [1.807, 2.05) is 19.1 Å². The van der Waals surface area contributed by atoms with Crippen molar-refractivity contribution in [2.24, 2.45) is 0 Å². The highest BCUT2D eigenvalue weighted by Gasteiger charge is 2.33. The highest BCUT2D eigenvalue weighted by atomic mass is 16.3. The molecule has 0 saturated carbocycles. The Hall–Kier alpha value is -2.88. The number of aliphatic hydroxyl groups is 1. The van der Waals surface area contributed by atoms with Crippen LogP contribution < -0.4 is 5.32 Å². The van der Waals surface area contributed by atoms with Gasteiger partial charge in [0.25, 0.3) is 5.91 Å². The molecule has 21 heavy (non-hydrogen) atoms. The number of benzene rings is 2. The molecule has 104 valence electrons. The van der Waals surface area contributed by atoms with Gasteiger partial charge in [0.1, 0.15) is 11.3 Å². The average Bonchev–Trinajstić information content (AvgIpc) is 2.74. The topological polar surface area (TPSA) is 66.4 Å². The van der Waals surface area contributed by atoms with Crippen LogP contribution in [0.15, 0.2) is 54.1 Å². The largest absolute Gasteiger partial charge is 0.506 e. The lowest BCUT2D eigenvalue weighted by atomic mass is 10.1. The normalized spacial score (nSPS) is 13.3. The van der Waals surface area contributed by atoms with E-state index in [0.29, 0.717) is 16.8 Å². The van der Waals surface area contributed by atoms with Crippen LogP contribution in [0.5, 0.6) is 0 Å². The Bertz CT molecular complexity index is 773. The van der Waals surface area contributed by atoms with Gasteiger partial charge < -0.3 is 10.4 Å². The number of hydrogen-bond donors (Lipinski definition) is 2. The van der Waals surface area contributed by atoms with Crippen molar-refractivity contribution in [3.8, 4) is 0 Å². The fourth-order valence-electron chi connectivity index (χ4n) is 2.31. The summed E-state index contributed by atoms with van der Waals surface area (Å²) < 4.78 is 0. The van der Waals surface area contributed by atoms with Gasteiger partial charge in [0.05, 0.1) is 0 Å². The second-order valence-electron chi connectivity index (χ2n) is 4.92. The third kappa shape index (κ3) is 2.21. The summed E-state index contributed by atoms with van der Waals surface area (Å²) in [5, 5.41) is 12.7. The summed E-state index contributed by atoms with van der Waals surface area (Å²) in [7, 11) is 0. The number of carbonyl (C=O) groups is 2. The van der Waals surface area contributed by atoms with Gasteiger partial charge in [-0.25, -0.2) is 0 Å². The predicted octanol–water partition coefficient (Wildman–Crippen LogP) is 3.10. The Morgan fingerprint density at radius 3 is 2.24 bits per heavy atom. The molecule has 0 unspecified atom stereocenters. The first-order valence-corrected chi connectivity index (χ1v) is 6.53. The van der Waals surface area contributed by atoms with Crippen molar-refractivity contribution in [3.05, 3.63) is 70.8 Å². The predicted molar refractivity (Wildman–Crippen MR) is 80.1 cm³/mol. The lowest BCUT2D eigenvalue weighted by Gasteiger charge is -2.06. The lowest BCUT2D eigenvalue weighted by Crippen LogP contribution is -2.19. The van der Waals surface area contributed by atoms with Gasteiger partial charge in [-0.2, -0.15) is 0 Å². The van der Waals surface area contributed by atoms with Crippen molar-refractivity contribution in [1.82, 2.24) is 0 Å². The minimum atomic E-state index is -0.599. The Morgan fingerprint density at radius 2 is 1.62 bits per heavy atom. The van der Waals surface area contributed by atoms with Crippen LogP contribution in [0.4, 0.5) is 5.69 Å². The van der Waals surface area contributed by atoms with E-state index in [2.05, 4.69) is 5.32 Å². The molecule has 1 amide bonds. The summed E-state index contributed by atoms with van der Waals surface area (Å²) in [5.74, 6) is -1.31. The maximum absolute atomic E-state index is 12.2. The van der Waals surface area contributed by atoms with Crippen LogP contribution in [0, 0.1) is 6.92 Å². The number of fused-ring (bicyclic) bond motifs is 1. The maximum atomic E-state index is 12.2. The molecule has 0 saturated heterocycles. The van der Waals surface area contributed by atoms with Gasteiger partial charge >= 0.3 is 0 Å². The second kappa shape index (κ2) is 4.90. The number of ketones is 1. The van der Waals surface area contributed by atoms with Gasteiger partial charge in [-0.05, 0) is 19.1 Å². The standard InChI is InChI=1S/C17H13NO3/c1-10-6-8-11(9-7-10)18-17(21)14-15(19)12-4-2-3-5-13(12)16(14)20/h2-9,19H,1H3,(H,18,21). The summed E-state index contributed by atoms with van der Waals surface area (Å²) >= 11 is 0. The molecule has 4 nitrogen and oxygen atoms in total. The van der Waals surface area contributed by atoms with Gasteiger partial charge in [-0.15, -0.1) is 0 Å². The van der Waals surface area contributed by atoms with Gasteiger partial charge in [-0.1, -0.05) is 42.0 Å². The molecule has 0 aromatic heterocycles. The molecule has 2 N–H and O–H groups in total. The van der Waals surface area contributed by atoms with E-state index in [1.54, 1.807) is 36.4 Å². The van der Waals surface area contributed by atoms with E-state index in [4.69, 9.17) is 0 Å². The van der Waals surface area contributed by atoms with Gasteiger partial charge in [0.15, 0.2) is 0 Å². The number of amides is 1. The summed E-state index contributed by atoms with van der Waals surface area (Å²) in [5.41, 5.74) is 2.19. The monoisotopic (exact) mass is 279 g/mol. The number of aliphatic hydroxyl groups excluding tert-OH is 1. The molecule has 4 heteroatoms. The van der Waals surface area contributed by atoms with Crippen molar-refractivity contribution in [3.63, 3.8) is 0 Å². The van der Waals surface area contributed by atoms with E-state index in [9.17, 15) is 14.7 Å². The molecule has 0 radical (unpaired) electrons. The van der Waals surface area contributed by atoms with E-state index in [0.717, 1.165) is 5.56 Å². The summed E-state index contributed by atoms with van der Waals surface area (Å²) in [6.07, 6.45) is 0. The molecule has 1 aliphatic carbocycles. The lowest BCUT2D eigenvalue weighted by molar-refractivity contribution is -0.112. The molecule has 0 spiro atoms. The number of Topliss-reactive ketones (excluding diaryl/α,β-unsaturated/α-hetero) is 1. The average molecular weight is 279 g/mol. The summed E-state index contributed by atoms with van der Waals surface area (Å²) in [6.45, 7) is 1.94. The van der Waals surface area contributed by atoms with Crippen LogP contribution >= 0.6 is 0 Å². The third-order valence-electron chi connectivity index (χ3n) is 3.43. The van der Waals surface area contributed by atoms with Crippen LogP contribution in [0.1, 0.15) is 21.5 Å². The zero-order valence-electron chi connectivity index (χ0n) is 11.4. The zero-order valence-corrected chi connectivity index (χ0v) is 11.4. The fourth-order valence-corrected chi connectivity index (χ4v) is 2.31. The van der Waals surface area contributed by atoms with Crippen LogP contribution in [0.3, 0.4) is 0 Å². The molecule has 0 atom stereocenters. The number of nitrogens with one attached hydrogen (secondary N) is 1. The second-order valence-corrected chi connectivity index (χ2v) is 4.92. The smallest absolute Gasteiger partial charge is 0.263 e. The SMILES string of the molecule is Cc1ccc(NC(=O)C2=C(O)c3ccccc3C2=O)cc1. The molecule has 1 aliphatic rings. The van der Waals surface area contributed by atoms with Gasteiger partial charge in [-0.3, -0.25) is 9.59 Å². The molecule has 0 heterocycles. The molecule has 0 fully saturated rings. The number of aryl methyl sites for hydroxylation is 1. The Morgan fingerprint density at radius 1 is 1.00 bits per heavy atom. The van der Waals surface area contributed by atoms with Crippen molar-refractivity contribution in [1.29, 1.82) is 0 Å². The fraction of sp³-hybridized carbons (Fsp3) is 0.0588. The summed E-state index contributed by atoms with van der Waals surface area (Å²) in [4.78, 5) is 24.5. The van der Waals surface area contributed by atoms with E-state index < -0.39 is 11.7 Å². The van der Waals surface area contributed by atoms with Crippen molar-refractivity contribution in [2.45, 2.75) is 6.92 Å². The van der Waals surface area contributed by atoms with Crippen LogP contribution in [0.2, 0.25) is 0 Å². The van der Waals surface area contributed by atoms with Crippen molar-refractivity contribution in [2.75, 3.05) is 5.32 Å². The summed E-state index contributed by atoms with van der Waals surface area (Å²) in [6, 6.07) is 13.8. The first-order chi connectivity index (χ1) is 10.1. The molecular formula is C17H13NO3. The van der Waals surface area contributed by atoms with Crippen LogP contribution in [-0.4, -0.2) is 16.8 Å². The van der Waals surface area contributed by atoms with Gasteiger partial charge in [0, 0.05) is 16.8 Å². The molecule has 2 aromatic rings.